The van der Waals surface area contributed by atoms with Crippen LogP contribution in [0.5, 0.6) is 0 Å². The number of amides is 1. The number of carbonyl (C=O) groups is 1. The van der Waals surface area contributed by atoms with Gasteiger partial charge in [-0.25, -0.2) is 4.98 Å². The molecule has 24 heavy (non-hydrogen) atoms. The van der Waals surface area contributed by atoms with Crippen molar-refractivity contribution in [2.24, 2.45) is 0 Å². The Hall–Kier alpha value is -1.88. The molecule has 0 bridgehead atoms. The summed E-state index contributed by atoms with van der Waals surface area (Å²) >= 11 is 1.57. The van der Waals surface area contributed by atoms with E-state index in [1.165, 1.54) is 11.3 Å². The Morgan fingerprint density at radius 2 is 2.12 bits per heavy atom. The molecule has 0 spiro atoms. The normalized spacial score (nSPS) is 14.0. The number of benzene rings is 1. The van der Waals surface area contributed by atoms with E-state index in [2.05, 4.69) is 55.4 Å². The Kier molecular flexibility index (Phi) is 4.90. The van der Waals surface area contributed by atoms with Crippen molar-refractivity contribution in [2.45, 2.75) is 52.1 Å². The minimum atomic E-state index is 0.0939. The van der Waals surface area contributed by atoms with Crippen LogP contribution in [0.2, 0.25) is 0 Å². The molecule has 0 N–H and O–H groups in total. The molecule has 4 nitrogen and oxygen atoms in total. The predicted molar refractivity (Wildman–Crippen MR) is 101 cm³/mol. The van der Waals surface area contributed by atoms with E-state index in [0.717, 1.165) is 30.2 Å². The van der Waals surface area contributed by atoms with Gasteiger partial charge in [-0.3, -0.25) is 9.69 Å². The summed E-state index contributed by atoms with van der Waals surface area (Å²) in [6.45, 7) is 6.79. The summed E-state index contributed by atoms with van der Waals surface area (Å²) in [4.78, 5) is 20.6. The zero-order valence-corrected chi connectivity index (χ0v) is 15.6. The van der Waals surface area contributed by atoms with Gasteiger partial charge in [-0.05, 0) is 36.5 Å². The molecular weight excluding hydrogens is 318 g/mol. The van der Waals surface area contributed by atoms with Crippen molar-refractivity contribution in [3.8, 4) is 0 Å². The highest BCUT2D eigenvalue weighted by Gasteiger charge is 2.33. The van der Waals surface area contributed by atoms with Crippen molar-refractivity contribution < 1.29 is 4.79 Å². The average Bonchev–Trinajstić information content (AvgIpc) is 3.26. The molecule has 1 fully saturated rings. The van der Waals surface area contributed by atoms with E-state index >= 15 is 0 Å². The maximum atomic E-state index is 11.9. The lowest BCUT2D eigenvalue weighted by atomic mass is 10.0. The van der Waals surface area contributed by atoms with Gasteiger partial charge in [0.25, 0.3) is 0 Å². The van der Waals surface area contributed by atoms with Crippen LogP contribution >= 0.6 is 11.3 Å². The zero-order valence-electron chi connectivity index (χ0n) is 14.8. The SMILES string of the molecule is CC(=O)N(c1nc(CN(C)c2cccc(C(C)C)c2)cs1)C1CC1. The smallest absolute Gasteiger partial charge is 0.225 e. The third-order valence-electron chi connectivity index (χ3n) is 4.37. The fourth-order valence-electron chi connectivity index (χ4n) is 2.82. The van der Waals surface area contributed by atoms with E-state index in [-0.39, 0.29) is 5.91 Å². The molecule has 0 saturated heterocycles. The van der Waals surface area contributed by atoms with Gasteiger partial charge in [-0.15, -0.1) is 11.3 Å². The van der Waals surface area contributed by atoms with E-state index in [0.29, 0.717) is 12.0 Å². The molecule has 1 aliphatic rings. The molecule has 1 aliphatic carbocycles. The molecule has 1 saturated carbocycles. The maximum Gasteiger partial charge on any atom is 0.225 e. The van der Waals surface area contributed by atoms with Crippen LogP contribution in [0.15, 0.2) is 29.6 Å². The monoisotopic (exact) mass is 343 g/mol. The molecule has 1 heterocycles. The molecule has 5 heteroatoms. The molecule has 0 unspecified atom stereocenters. The molecule has 128 valence electrons. The number of aromatic nitrogens is 1. The molecule has 0 atom stereocenters. The summed E-state index contributed by atoms with van der Waals surface area (Å²) in [6, 6.07) is 9.01. The highest BCUT2D eigenvalue weighted by Crippen LogP contribution is 2.34. The number of hydrogen-bond acceptors (Lipinski definition) is 4. The lowest BCUT2D eigenvalue weighted by Gasteiger charge is -2.20. The second-order valence-electron chi connectivity index (χ2n) is 6.85. The third kappa shape index (κ3) is 3.78. The van der Waals surface area contributed by atoms with Crippen LogP contribution in [-0.2, 0) is 11.3 Å². The first kappa shape index (κ1) is 17.0. The summed E-state index contributed by atoms with van der Waals surface area (Å²) in [5.74, 6) is 0.614. The van der Waals surface area contributed by atoms with Gasteiger partial charge >= 0.3 is 0 Å². The fraction of sp³-hybridized carbons (Fsp3) is 0.474. The first-order valence-corrected chi connectivity index (χ1v) is 9.39. The molecule has 1 amide bonds. The van der Waals surface area contributed by atoms with Gasteiger partial charge in [-0.1, -0.05) is 26.0 Å². The van der Waals surface area contributed by atoms with E-state index in [1.54, 1.807) is 18.3 Å². The second kappa shape index (κ2) is 6.93. The summed E-state index contributed by atoms with van der Waals surface area (Å²) in [6.07, 6.45) is 2.19. The summed E-state index contributed by atoms with van der Waals surface area (Å²) in [5.41, 5.74) is 3.55. The third-order valence-corrected chi connectivity index (χ3v) is 5.26. The first-order valence-electron chi connectivity index (χ1n) is 8.51. The average molecular weight is 343 g/mol. The van der Waals surface area contributed by atoms with E-state index in [1.807, 2.05) is 4.90 Å². The highest BCUT2D eigenvalue weighted by atomic mass is 32.1. The van der Waals surface area contributed by atoms with Gasteiger partial charge in [0.15, 0.2) is 5.13 Å². The Morgan fingerprint density at radius 3 is 2.75 bits per heavy atom. The topological polar surface area (TPSA) is 36.4 Å². The maximum absolute atomic E-state index is 11.9. The van der Waals surface area contributed by atoms with Crippen molar-refractivity contribution in [3.63, 3.8) is 0 Å². The molecule has 0 aliphatic heterocycles. The molecule has 0 radical (unpaired) electrons. The quantitative estimate of drug-likeness (QED) is 0.779. The molecular formula is C19H25N3OS. The number of nitrogens with zero attached hydrogens (tertiary/aromatic N) is 3. The van der Waals surface area contributed by atoms with Gasteiger partial charge < -0.3 is 4.90 Å². The van der Waals surface area contributed by atoms with Crippen LogP contribution < -0.4 is 9.80 Å². The van der Waals surface area contributed by atoms with Crippen LogP contribution in [-0.4, -0.2) is 24.0 Å². The standard InChI is InChI=1S/C19H25N3OS/c1-13(2)15-6-5-7-18(10-15)21(4)11-16-12-24-19(20-16)22(14(3)23)17-8-9-17/h5-7,10,12-13,17H,8-9,11H2,1-4H3. The number of carbonyl (C=O) groups excluding carboxylic acids is 1. The summed E-state index contributed by atoms with van der Waals surface area (Å²) in [7, 11) is 2.09. The van der Waals surface area contributed by atoms with Crippen LogP contribution in [0, 0.1) is 0 Å². The Balaban J connectivity index is 1.72. The minimum Gasteiger partial charge on any atom is -0.369 e. The van der Waals surface area contributed by atoms with E-state index < -0.39 is 0 Å². The second-order valence-corrected chi connectivity index (χ2v) is 7.68. The number of thiazole rings is 1. The summed E-state index contributed by atoms with van der Waals surface area (Å²) < 4.78 is 0. The van der Waals surface area contributed by atoms with Crippen molar-refractivity contribution in [3.05, 3.63) is 40.9 Å². The Bertz CT molecular complexity index is 721. The molecule has 1 aromatic heterocycles. The highest BCUT2D eigenvalue weighted by molar-refractivity contribution is 7.14. The van der Waals surface area contributed by atoms with Crippen LogP contribution in [0.25, 0.3) is 0 Å². The molecule has 1 aromatic carbocycles. The predicted octanol–water partition coefficient (Wildman–Crippen LogP) is 4.42. The number of hydrogen-bond donors (Lipinski definition) is 0. The van der Waals surface area contributed by atoms with Gasteiger partial charge in [-0.2, -0.15) is 0 Å². The van der Waals surface area contributed by atoms with Gasteiger partial charge in [0.05, 0.1) is 12.2 Å². The summed E-state index contributed by atoms with van der Waals surface area (Å²) in [5, 5.41) is 2.90. The van der Waals surface area contributed by atoms with Crippen molar-refractivity contribution in [1.29, 1.82) is 0 Å². The van der Waals surface area contributed by atoms with Gasteiger partial charge in [0.2, 0.25) is 5.91 Å². The van der Waals surface area contributed by atoms with Crippen LogP contribution in [0.3, 0.4) is 0 Å². The number of anilines is 2. The lowest BCUT2D eigenvalue weighted by Crippen LogP contribution is -2.30. The van der Waals surface area contributed by atoms with Crippen molar-refractivity contribution in [1.82, 2.24) is 4.98 Å². The van der Waals surface area contributed by atoms with Crippen molar-refractivity contribution in [2.75, 3.05) is 16.8 Å². The largest absolute Gasteiger partial charge is 0.369 e. The van der Waals surface area contributed by atoms with Crippen LogP contribution in [0.4, 0.5) is 10.8 Å². The molecule has 2 aromatic rings. The first-order chi connectivity index (χ1) is 11.5. The van der Waals surface area contributed by atoms with E-state index in [9.17, 15) is 4.79 Å². The Labute approximate surface area is 148 Å². The van der Waals surface area contributed by atoms with E-state index in [4.69, 9.17) is 4.98 Å². The van der Waals surface area contributed by atoms with Crippen LogP contribution in [0.1, 0.15) is 50.8 Å². The minimum absolute atomic E-state index is 0.0939. The van der Waals surface area contributed by atoms with Crippen molar-refractivity contribution >= 4 is 28.1 Å². The number of rotatable bonds is 6. The Morgan fingerprint density at radius 1 is 1.38 bits per heavy atom. The zero-order chi connectivity index (χ0) is 17.3. The lowest BCUT2D eigenvalue weighted by molar-refractivity contribution is -0.116. The van der Waals surface area contributed by atoms with Gasteiger partial charge in [0.1, 0.15) is 0 Å². The van der Waals surface area contributed by atoms with Gasteiger partial charge in [0, 0.05) is 31.1 Å². The molecule has 3 rings (SSSR count). The fourth-order valence-corrected chi connectivity index (χ4v) is 3.75.